The van der Waals surface area contributed by atoms with Crippen LogP contribution in [0, 0.1) is 0 Å². The van der Waals surface area contributed by atoms with Crippen molar-refractivity contribution in [3.63, 3.8) is 0 Å². The number of carbonyl (C=O) groups is 2. The highest BCUT2D eigenvalue weighted by Crippen LogP contribution is 2.31. The summed E-state index contributed by atoms with van der Waals surface area (Å²) in [5.41, 5.74) is 0.833. The number of alkyl halides is 3. The van der Waals surface area contributed by atoms with Gasteiger partial charge in [-0.05, 0) is 55.2 Å². The van der Waals surface area contributed by atoms with Crippen LogP contribution in [0.15, 0.2) is 48.5 Å². The normalized spacial score (nSPS) is 16.9. The number of amides is 2. The van der Waals surface area contributed by atoms with Crippen molar-refractivity contribution >= 4 is 17.5 Å². The second kappa shape index (κ2) is 8.04. The second-order valence-corrected chi connectivity index (χ2v) is 6.77. The fourth-order valence-corrected chi connectivity index (χ4v) is 3.33. The molecule has 0 aliphatic carbocycles. The van der Waals surface area contributed by atoms with Crippen LogP contribution in [0.2, 0.25) is 0 Å². The zero-order valence-corrected chi connectivity index (χ0v) is 15.4. The van der Waals surface area contributed by atoms with E-state index in [9.17, 15) is 22.8 Å². The van der Waals surface area contributed by atoms with Crippen LogP contribution in [0.3, 0.4) is 0 Å². The largest absolute Gasteiger partial charge is 0.416 e. The van der Waals surface area contributed by atoms with Gasteiger partial charge in [0.1, 0.15) is 6.04 Å². The number of benzene rings is 2. The first kappa shape index (κ1) is 19.9. The topological polar surface area (TPSA) is 49.4 Å². The molecule has 2 amide bonds. The van der Waals surface area contributed by atoms with Gasteiger partial charge in [0, 0.05) is 17.8 Å². The molecule has 148 valence electrons. The molecule has 0 unspecified atom stereocenters. The smallest absolute Gasteiger partial charge is 0.327 e. The molecule has 2 aromatic rings. The molecule has 1 aliphatic heterocycles. The number of anilines is 1. The molecule has 0 aromatic heterocycles. The molecule has 2 aromatic carbocycles. The zero-order valence-electron chi connectivity index (χ0n) is 15.4. The molecule has 3 rings (SSSR count). The van der Waals surface area contributed by atoms with Gasteiger partial charge < -0.3 is 10.2 Å². The minimum Gasteiger partial charge on any atom is -0.327 e. The van der Waals surface area contributed by atoms with E-state index >= 15 is 0 Å². The molecule has 1 saturated heterocycles. The van der Waals surface area contributed by atoms with Crippen LogP contribution in [0.5, 0.6) is 0 Å². The van der Waals surface area contributed by atoms with Crippen molar-refractivity contribution in [2.75, 3.05) is 11.9 Å². The first-order valence-corrected chi connectivity index (χ1v) is 9.17. The molecule has 1 atom stereocenters. The van der Waals surface area contributed by atoms with Crippen LogP contribution in [-0.2, 0) is 17.4 Å². The molecule has 1 heterocycles. The number of carbonyl (C=O) groups excluding carboxylic acids is 2. The number of likely N-dealkylation sites (tertiary alicyclic amines) is 1. The predicted molar refractivity (Wildman–Crippen MR) is 100.0 cm³/mol. The maximum absolute atomic E-state index is 12.9. The Morgan fingerprint density at radius 3 is 2.50 bits per heavy atom. The molecule has 0 saturated carbocycles. The predicted octanol–water partition coefficient (Wildman–Crippen LogP) is 4.51. The molecule has 1 fully saturated rings. The summed E-state index contributed by atoms with van der Waals surface area (Å²) in [6.45, 7) is 2.46. The lowest BCUT2D eigenvalue weighted by Crippen LogP contribution is -2.43. The number of nitrogens with zero attached hydrogens (tertiary/aromatic N) is 1. The van der Waals surface area contributed by atoms with E-state index < -0.39 is 23.7 Å². The lowest BCUT2D eigenvalue weighted by atomic mass is 10.1. The lowest BCUT2D eigenvalue weighted by Gasteiger charge is -2.24. The Morgan fingerprint density at radius 2 is 1.86 bits per heavy atom. The van der Waals surface area contributed by atoms with Crippen molar-refractivity contribution in [2.45, 2.75) is 38.4 Å². The Kier molecular flexibility index (Phi) is 5.72. The Labute approximate surface area is 161 Å². The molecular weight excluding hydrogens is 369 g/mol. The summed E-state index contributed by atoms with van der Waals surface area (Å²) >= 11 is 0. The van der Waals surface area contributed by atoms with Gasteiger partial charge in [-0.25, -0.2) is 0 Å². The van der Waals surface area contributed by atoms with Gasteiger partial charge in [-0.15, -0.1) is 0 Å². The van der Waals surface area contributed by atoms with Gasteiger partial charge in [0.25, 0.3) is 5.91 Å². The number of halogens is 3. The fourth-order valence-electron chi connectivity index (χ4n) is 3.33. The Balaban J connectivity index is 1.73. The van der Waals surface area contributed by atoms with E-state index in [1.54, 1.807) is 12.1 Å². The average Bonchev–Trinajstić information content (AvgIpc) is 3.17. The van der Waals surface area contributed by atoms with Gasteiger partial charge in [-0.1, -0.05) is 25.1 Å². The van der Waals surface area contributed by atoms with Crippen LogP contribution in [0.25, 0.3) is 0 Å². The molecule has 4 nitrogen and oxygen atoms in total. The molecular formula is C21H21F3N2O2. The van der Waals surface area contributed by atoms with Crippen molar-refractivity contribution < 1.29 is 22.8 Å². The minimum atomic E-state index is -4.49. The Hall–Kier alpha value is -2.83. The van der Waals surface area contributed by atoms with Crippen LogP contribution in [0.4, 0.5) is 18.9 Å². The third-order valence-electron chi connectivity index (χ3n) is 4.88. The van der Waals surface area contributed by atoms with Gasteiger partial charge >= 0.3 is 6.18 Å². The monoisotopic (exact) mass is 390 g/mol. The highest BCUT2D eigenvalue weighted by Gasteiger charge is 2.35. The molecule has 0 radical (unpaired) electrons. The summed E-state index contributed by atoms with van der Waals surface area (Å²) < 4.78 is 38.6. The van der Waals surface area contributed by atoms with Gasteiger partial charge in [-0.2, -0.15) is 13.2 Å². The van der Waals surface area contributed by atoms with Crippen LogP contribution in [-0.4, -0.2) is 29.3 Å². The minimum absolute atomic E-state index is 0.0615. The van der Waals surface area contributed by atoms with Crippen LogP contribution >= 0.6 is 0 Å². The number of hydrogen-bond acceptors (Lipinski definition) is 2. The van der Waals surface area contributed by atoms with Gasteiger partial charge in [0.05, 0.1) is 5.56 Å². The zero-order chi connectivity index (χ0) is 20.3. The third-order valence-corrected chi connectivity index (χ3v) is 4.88. The van der Waals surface area contributed by atoms with Crippen molar-refractivity contribution in [1.29, 1.82) is 0 Å². The SMILES string of the molecule is CCc1ccc(C(=O)N2CCC[C@@H]2C(=O)Nc2cccc(C(F)(F)F)c2)cc1. The van der Waals surface area contributed by atoms with Crippen molar-refractivity contribution in [3.8, 4) is 0 Å². The fraction of sp³-hybridized carbons (Fsp3) is 0.333. The van der Waals surface area contributed by atoms with Crippen molar-refractivity contribution in [1.82, 2.24) is 4.90 Å². The van der Waals surface area contributed by atoms with Gasteiger partial charge in [0.15, 0.2) is 0 Å². The summed E-state index contributed by atoms with van der Waals surface area (Å²) in [5.74, 6) is -0.723. The molecule has 1 N–H and O–H groups in total. The number of nitrogens with one attached hydrogen (secondary N) is 1. The van der Waals surface area contributed by atoms with E-state index in [4.69, 9.17) is 0 Å². The molecule has 0 spiro atoms. The summed E-state index contributed by atoms with van der Waals surface area (Å²) in [7, 11) is 0. The van der Waals surface area contributed by atoms with E-state index in [1.165, 1.54) is 17.0 Å². The van der Waals surface area contributed by atoms with E-state index in [0.717, 1.165) is 24.1 Å². The highest BCUT2D eigenvalue weighted by atomic mass is 19.4. The third kappa shape index (κ3) is 4.35. The van der Waals surface area contributed by atoms with E-state index in [0.29, 0.717) is 24.9 Å². The van der Waals surface area contributed by atoms with Gasteiger partial charge in [-0.3, -0.25) is 9.59 Å². The van der Waals surface area contributed by atoms with E-state index in [2.05, 4.69) is 5.32 Å². The molecule has 1 aliphatic rings. The van der Waals surface area contributed by atoms with Crippen molar-refractivity contribution in [2.24, 2.45) is 0 Å². The second-order valence-electron chi connectivity index (χ2n) is 6.77. The maximum atomic E-state index is 12.9. The Morgan fingerprint density at radius 1 is 1.14 bits per heavy atom. The van der Waals surface area contributed by atoms with Gasteiger partial charge in [0.2, 0.25) is 5.91 Å². The first-order chi connectivity index (χ1) is 13.3. The number of rotatable bonds is 4. The highest BCUT2D eigenvalue weighted by molar-refractivity contribution is 6.01. The average molecular weight is 390 g/mol. The molecule has 0 bridgehead atoms. The van der Waals surface area contributed by atoms with Crippen LogP contribution < -0.4 is 5.32 Å². The van der Waals surface area contributed by atoms with E-state index in [-0.39, 0.29) is 11.6 Å². The summed E-state index contributed by atoms with van der Waals surface area (Å²) in [6, 6.07) is 11.0. The summed E-state index contributed by atoms with van der Waals surface area (Å²) in [5, 5.41) is 2.52. The van der Waals surface area contributed by atoms with Crippen molar-refractivity contribution in [3.05, 3.63) is 65.2 Å². The summed E-state index contributed by atoms with van der Waals surface area (Å²) in [4.78, 5) is 26.9. The number of aryl methyl sites for hydroxylation is 1. The van der Waals surface area contributed by atoms with E-state index in [1.807, 2.05) is 19.1 Å². The summed E-state index contributed by atoms with van der Waals surface area (Å²) in [6.07, 6.45) is -2.48. The first-order valence-electron chi connectivity index (χ1n) is 9.17. The maximum Gasteiger partial charge on any atom is 0.416 e. The molecule has 7 heteroatoms. The standard InChI is InChI=1S/C21H21F3N2O2/c1-2-14-8-10-15(11-9-14)20(28)26-12-4-7-18(26)19(27)25-17-6-3-5-16(13-17)21(22,23)24/h3,5-6,8-11,13,18H,2,4,7,12H2,1H3,(H,25,27)/t18-/m1/s1. The lowest BCUT2D eigenvalue weighted by molar-refractivity contribution is -0.137. The quantitative estimate of drug-likeness (QED) is 0.835. The number of hydrogen-bond donors (Lipinski definition) is 1. The van der Waals surface area contributed by atoms with Crippen LogP contribution in [0.1, 0.15) is 41.3 Å². The molecule has 28 heavy (non-hydrogen) atoms. The Bertz CT molecular complexity index is 863.